The van der Waals surface area contributed by atoms with Gasteiger partial charge in [0.25, 0.3) is 0 Å². The summed E-state index contributed by atoms with van der Waals surface area (Å²) in [4.78, 5) is 7.04. The first kappa shape index (κ1) is 16.0. The smallest absolute Gasteiger partial charge is 0.131 e. The molecule has 0 amide bonds. The number of aromatic nitrogens is 1. The zero-order chi connectivity index (χ0) is 14.1. The Morgan fingerprint density at radius 2 is 2.00 bits per heavy atom. The number of unbranched alkanes of at least 4 members (excludes halogenated alkanes) is 1. The average molecular weight is 263 g/mol. The molecule has 1 aromatic heterocycles. The summed E-state index contributed by atoms with van der Waals surface area (Å²) in [6.45, 7) is 12.9. The Hall–Kier alpha value is -1.09. The normalized spacial score (nSPS) is 10.7. The minimum atomic E-state index is 0.920. The van der Waals surface area contributed by atoms with Crippen LogP contribution in [0.4, 0.5) is 5.82 Å². The van der Waals surface area contributed by atoms with E-state index >= 15 is 0 Å². The molecular formula is C16H29N3. The van der Waals surface area contributed by atoms with Crippen molar-refractivity contribution in [3.05, 3.63) is 23.4 Å². The lowest BCUT2D eigenvalue weighted by molar-refractivity contribution is 0.672. The second kappa shape index (κ2) is 8.92. The van der Waals surface area contributed by atoms with E-state index in [1.165, 1.54) is 30.4 Å². The lowest BCUT2D eigenvalue weighted by Gasteiger charge is -2.23. The van der Waals surface area contributed by atoms with Crippen molar-refractivity contribution in [2.45, 2.75) is 53.5 Å². The van der Waals surface area contributed by atoms with Crippen molar-refractivity contribution >= 4 is 5.82 Å². The summed E-state index contributed by atoms with van der Waals surface area (Å²) in [5.74, 6) is 1.15. The lowest BCUT2D eigenvalue weighted by Crippen LogP contribution is -2.26. The number of hydrogen-bond donors (Lipinski definition) is 1. The maximum atomic E-state index is 4.67. The molecule has 0 saturated heterocycles. The van der Waals surface area contributed by atoms with Crippen LogP contribution in [-0.4, -0.2) is 24.6 Å². The minimum Gasteiger partial charge on any atom is -0.357 e. The first-order valence-corrected chi connectivity index (χ1v) is 7.64. The molecule has 1 heterocycles. The quantitative estimate of drug-likeness (QED) is 0.691. The van der Waals surface area contributed by atoms with Gasteiger partial charge in [0.2, 0.25) is 0 Å². The van der Waals surface area contributed by atoms with Crippen LogP contribution in [0.2, 0.25) is 0 Å². The van der Waals surface area contributed by atoms with Crippen molar-refractivity contribution in [3.8, 4) is 0 Å². The van der Waals surface area contributed by atoms with E-state index in [0.717, 1.165) is 32.0 Å². The molecule has 1 aromatic rings. The van der Waals surface area contributed by atoms with E-state index < -0.39 is 0 Å². The fraction of sp³-hybridized carbons (Fsp3) is 0.688. The van der Waals surface area contributed by atoms with E-state index in [4.69, 9.17) is 0 Å². The van der Waals surface area contributed by atoms with Gasteiger partial charge in [0, 0.05) is 25.8 Å². The van der Waals surface area contributed by atoms with E-state index in [9.17, 15) is 0 Å². The number of nitrogens with one attached hydrogen (secondary N) is 1. The molecule has 19 heavy (non-hydrogen) atoms. The molecule has 0 aliphatic carbocycles. The van der Waals surface area contributed by atoms with Gasteiger partial charge in [-0.25, -0.2) is 4.98 Å². The van der Waals surface area contributed by atoms with E-state index in [1.54, 1.807) is 0 Å². The Bertz CT molecular complexity index is 363. The zero-order valence-electron chi connectivity index (χ0n) is 13.0. The molecule has 108 valence electrons. The van der Waals surface area contributed by atoms with Gasteiger partial charge < -0.3 is 10.2 Å². The molecule has 0 aliphatic rings. The molecule has 0 radical (unpaired) electrons. The number of hydrogen-bond acceptors (Lipinski definition) is 3. The highest BCUT2D eigenvalue weighted by Crippen LogP contribution is 2.18. The fourth-order valence-electron chi connectivity index (χ4n) is 2.23. The van der Waals surface area contributed by atoms with Crippen molar-refractivity contribution in [1.29, 1.82) is 0 Å². The number of anilines is 1. The van der Waals surface area contributed by atoms with Gasteiger partial charge in [0.15, 0.2) is 0 Å². The summed E-state index contributed by atoms with van der Waals surface area (Å²) < 4.78 is 0. The van der Waals surface area contributed by atoms with Crippen LogP contribution in [0, 0.1) is 6.92 Å². The third kappa shape index (κ3) is 5.19. The third-order valence-corrected chi connectivity index (χ3v) is 3.33. The molecule has 1 N–H and O–H groups in total. The van der Waals surface area contributed by atoms with Crippen LogP contribution >= 0.6 is 0 Å². The fourth-order valence-corrected chi connectivity index (χ4v) is 2.23. The predicted molar refractivity (Wildman–Crippen MR) is 83.8 cm³/mol. The van der Waals surface area contributed by atoms with E-state index in [1.807, 2.05) is 6.20 Å². The number of rotatable bonds is 9. The molecule has 1 rings (SSSR count). The molecule has 0 fully saturated rings. The van der Waals surface area contributed by atoms with Crippen molar-refractivity contribution in [1.82, 2.24) is 10.3 Å². The van der Waals surface area contributed by atoms with Gasteiger partial charge in [0.1, 0.15) is 5.82 Å². The summed E-state index contributed by atoms with van der Waals surface area (Å²) in [5.41, 5.74) is 2.56. The van der Waals surface area contributed by atoms with Crippen LogP contribution in [0.1, 0.15) is 51.2 Å². The van der Waals surface area contributed by atoms with Crippen LogP contribution in [0.3, 0.4) is 0 Å². The van der Waals surface area contributed by atoms with Crippen LogP contribution in [0.15, 0.2) is 12.3 Å². The Kier molecular flexibility index (Phi) is 7.49. The van der Waals surface area contributed by atoms with E-state index in [2.05, 4.69) is 49.0 Å². The lowest BCUT2D eigenvalue weighted by atomic mass is 10.2. The monoisotopic (exact) mass is 263 g/mol. The van der Waals surface area contributed by atoms with Crippen molar-refractivity contribution in [2.75, 3.05) is 24.5 Å². The van der Waals surface area contributed by atoms with Gasteiger partial charge >= 0.3 is 0 Å². The van der Waals surface area contributed by atoms with Crippen molar-refractivity contribution < 1.29 is 0 Å². The van der Waals surface area contributed by atoms with Crippen LogP contribution in [0.5, 0.6) is 0 Å². The minimum absolute atomic E-state index is 0.920. The van der Waals surface area contributed by atoms with E-state index in [-0.39, 0.29) is 0 Å². The third-order valence-electron chi connectivity index (χ3n) is 3.33. The van der Waals surface area contributed by atoms with Gasteiger partial charge in [-0.2, -0.15) is 0 Å². The molecule has 0 spiro atoms. The van der Waals surface area contributed by atoms with Gasteiger partial charge in [0.05, 0.1) is 0 Å². The molecule has 0 aromatic carbocycles. The average Bonchev–Trinajstić information content (AvgIpc) is 2.41. The van der Waals surface area contributed by atoms with E-state index in [0.29, 0.717) is 0 Å². The highest BCUT2D eigenvalue weighted by molar-refractivity contribution is 5.47. The Balaban J connectivity index is 2.69. The second-order valence-corrected chi connectivity index (χ2v) is 5.09. The number of aryl methyl sites for hydroxylation is 1. The Morgan fingerprint density at radius 1 is 1.21 bits per heavy atom. The van der Waals surface area contributed by atoms with Crippen molar-refractivity contribution in [3.63, 3.8) is 0 Å². The largest absolute Gasteiger partial charge is 0.357 e. The summed E-state index contributed by atoms with van der Waals surface area (Å²) >= 11 is 0. The van der Waals surface area contributed by atoms with Gasteiger partial charge in [-0.15, -0.1) is 0 Å². The molecule has 3 nitrogen and oxygen atoms in total. The zero-order valence-corrected chi connectivity index (χ0v) is 13.0. The Labute approximate surface area is 118 Å². The topological polar surface area (TPSA) is 28.2 Å². The SMILES string of the molecule is CCCCN(CC)c1ncc(CNCCC)cc1C. The predicted octanol–water partition coefficient (Wildman–Crippen LogP) is 3.52. The Morgan fingerprint density at radius 3 is 2.58 bits per heavy atom. The van der Waals surface area contributed by atoms with Crippen LogP contribution in [0.25, 0.3) is 0 Å². The molecular weight excluding hydrogens is 234 g/mol. The van der Waals surface area contributed by atoms with Gasteiger partial charge in [-0.3, -0.25) is 0 Å². The maximum absolute atomic E-state index is 4.67. The molecule has 0 aliphatic heterocycles. The summed E-state index contributed by atoms with van der Waals surface area (Å²) in [6.07, 6.45) is 5.65. The van der Waals surface area contributed by atoms with Crippen LogP contribution in [-0.2, 0) is 6.54 Å². The van der Waals surface area contributed by atoms with Gasteiger partial charge in [-0.05, 0) is 50.4 Å². The molecule has 0 unspecified atom stereocenters. The van der Waals surface area contributed by atoms with Crippen LogP contribution < -0.4 is 10.2 Å². The molecule has 0 bridgehead atoms. The first-order chi connectivity index (χ1) is 9.22. The number of nitrogens with zero attached hydrogens (tertiary/aromatic N) is 2. The molecule has 0 saturated carbocycles. The molecule has 0 atom stereocenters. The van der Waals surface area contributed by atoms with Crippen molar-refractivity contribution in [2.24, 2.45) is 0 Å². The second-order valence-electron chi connectivity index (χ2n) is 5.09. The standard InChI is InChI=1S/C16H29N3/c1-5-8-10-19(7-3)16-14(4)11-15(13-18-16)12-17-9-6-2/h11,13,17H,5-10,12H2,1-4H3. The maximum Gasteiger partial charge on any atom is 0.131 e. The summed E-state index contributed by atoms with van der Waals surface area (Å²) in [7, 11) is 0. The summed E-state index contributed by atoms with van der Waals surface area (Å²) in [5, 5.41) is 3.42. The van der Waals surface area contributed by atoms with Gasteiger partial charge in [-0.1, -0.05) is 20.3 Å². The molecule has 3 heteroatoms. The first-order valence-electron chi connectivity index (χ1n) is 7.64. The highest BCUT2D eigenvalue weighted by Gasteiger charge is 2.09. The highest BCUT2D eigenvalue weighted by atomic mass is 15.2. The number of pyridine rings is 1. The summed E-state index contributed by atoms with van der Waals surface area (Å²) in [6, 6.07) is 2.26.